The second kappa shape index (κ2) is 9.77. The van der Waals surface area contributed by atoms with Crippen molar-refractivity contribution in [1.82, 2.24) is 20.1 Å². The average molecular weight is 403 g/mol. The van der Waals surface area contributed by atoms with Crippen molar-refractivity contribution >= 4 is 23.2 Å². The van der Waals surface area contributed by atoms with Crippen LogP contribution in [0.4, 0.5) is 0 Å². The zero-order chi connectivity index (χ0) is 19.9. The van der Waals surface area contributed by atoms with E-state index in [9.17, 15) is 9.59 Å². The highest BCUT2D eigenvalue weighted by Crippen LogP contribution is 2.29. The fourth-order valence-corrected chi connectivity index (χ4v) is 4.08. The molecule has 150 valence electrons. The molecule has 0 radical (unpaired) electrons. The van der Waals surface area contributed by atoms with Gasteiger partial charge in [-0.15, -0.1) is 11.3 Å². The van der Waals surface area contributed by atoms with E-state index < -0.39 is 0 Å². The van der Waals surface area contributed by atoms with Crippen molar-refractivity contribution in [2.45, 2.75) is 6.92 Å². The summed E-state index contributed by atoms with van der Waals surface area (Å²) >= 11 is 1.44. The molecule has 8 heteroatoms. The Morgan fingerprint density at radius 1 is 1.18 bits per heavy atom. The predicted molar refractivity (Wildman–Crippen MR) is 110 cm³/mol. The van der Waals surface area contributed by atoms with Crippen LogP contribution in [0.1, 0.15) is 14.7 Å². The van der Waals surface area contributed by atoms with Crippen molar-refractivity contribution < 1.29 is 14.3 Å². The molecule has 3 rings (SSSR count). The van der Waals surface area contributed by atoms with E-state index in [0.717, 1.165) is 16.3 Å². The van der Waals surface area contributed by atoms with Crippen LogP contribution in [0, 0.1) is 6.92 Å². The highest BCUT2D eigenvalue weighted by atomic mass is 32.1. The minimum Gasteiger partial charge on any atom is -0.383 e. The molecule has 2 heterocycles. The molecule has 0 bridgehead atoms. The van der Waals surface area contributed by atoms with Gasteiger partial charge in [0.05, 0.1) is 23.9 Å². The van der Waals surface area contributed by atoms with E-state index in [1.54, 1.807) is 7.11 Å². The third-order valence-electron chi connectivity index (χ3n) is 4.63. The van der Waals surface area contributed by atoms with Crippen LogP contribution < -0.4 is 5.32 Å². The molecule has 7 nitrogen and oxygen atoms in total. The molecule has 1 aromatic heterocycles. The third-order valence-corrected chi connectivity index (χ3v) is 5.59. The van der Waals surface area contributed by atoms with Gasteiger partial charge in [0.2, 0.25) is 5.91 Å². The Morgan fingerprint density at radius 3 is 2.57 bits per heavy atom. The lowest BCUT2D eigenvalue weighted by Gasteiger charge is -2.34. The standard InChI is InChI=1S/C20H26N4O3S/c1-15-22-18(16-6-4-3-5-7-16)19(28-15)20(26)24-11-9-23(10-12-24)14-17(25)21-8-13-27-2/h3-7H,8-14H2,1-2H3,(H,21,25). The number of nitrogens with zero attached hydrogens (tertiary/aromatic N) is 3. The Kier molecular flexibility index (Phi) is 7.13. The molecule has 28 heavy (non-hydrogen) atoms. The van der Waals surface area contributed by atoms with E-state index in [-0.39, 0.29) is 11.8 Å². The van der Waals surface area contributed by atoms with Crippen molar-refractivity contribution in [3.63, 3.8) is 0 Å². The highest BCUT2D eigenvalue weighted by Gasteiger charge is 2.27. The molecule has 1 saturated heterocycles. The van der Waals surface area contributed by atoms with Gasteiger partial charge in [-0.2, -0.15) is 0 Å². The van der Waals surface area contributed by atoms with Crippen molar-refractivity contribution in [2.24, 2.45) is 0 Å². The quantitative estimate of drug-likeness (QED) is 0.713. The first-order valence-electron chi connectivity index (χ1n) is 9.38. The number of nitrogens with one attached hydrogen (secondary N) is 1. The summed E-state index contributed by atoms with van der Waals surface area (Å²) in [5.74, 6) is 0.00919. The van der Waals surface area contributed by atoms with Gasteiger partial charge in [0.1, 0.15) is 4.88 Å². The second-order valence-electron chi connectivity index (χ2n) is 6.69. The van der Waals surface area contributed by atoms with Gasteiger partial charge >= 0.3 is 0 Å². The van der Waals surface area contributed by atoms with E-state index in [1.807, 2.05) is 42.2 Å². The van der Waals surface area contributed by atoms with Crippen molar-refractivity contribution in [1.29, 1.82) is 0 Å². The van der Waals surface area contributed by atoms with E-state index in [2.05, 4.69) is 15.2 Å². The smallest absolute Gasteiger partial charge is 0.266 e. The lowest BCUT2D eigenvalue weighted by Crippen LogP contribution is -2.51. The first-order valence-corrected chi connectivity index (χ1v) is 10.2. The molecular formula is C20H26N4O3S. The summed E-state index contributed by atoms with van der Waals surface area (Å²) in [6.45, 7) is 5.87. The summed E-state index contributed by atoms with van der Waals surface area (Å²) in [4.78, 5) is 34.2. The van der Waals surface area contributed by atoms with Crippen LogP contribution in [0.2, 0.25) is 0 Å². The number of amides is 2. The molecular weight excluding hydrogens is 376 g/mol. The van der Waals surface area contributed by atoms with Gasteiger partial charge in [-0.3, -0.25) is 14.5 Å². The number of thiazole rings is 1. The number of carbonyl (C=O) groups excluding carboxylic acids is 2. The number of hydrogen-bond donors (Lipinski definition) is 1. The molecule has 1 N–H and O–H groups in total. The largest absolute Gasteiger partial charge is 0.383 e. The molecule has 1 fully saturated rings. The van der Waals surface area contributed by atoms with E-state index >= 15 is 0 Å². The SMILES string of the molecule is COCCNC(=O)CN1CCN(C(=O)c2sc(C)nc2-c2ccccc2)CC1. The number of benzene rings is 1. The Bertz CT molecular complexity index is 801. The fourth-order valence-electron chi connectivity index (χ4n) is 3.17. The minimum absolute atomic E-state index is 0.0127. The van der Waals surface area contributed by atoms with Gasteiger partial charge in [0, 0.05) is 45.4 Å². The normalized spacial score (nSPS) is 14.9. The Hall–Kier alpha value is -2.29. The number of piperazine rings is 1. The maximum atomic E-state index is 13.1. The molecule has 2 aromatic rings. The summed E-state index contributed by atoms with van der Waals surface area (Å²) < 4.78 is 4.93. The first kappa shape index (κ1) is 20.4. The third kappa shape index (κ3) is 5.15. The Balaban J connectivity index is 1.58. The maximum absolute atomic E-state index is 13.1. The second-order valence-corrected chi connectivity index (χ2v) is 7.89. The molecule has 0 spiro atoms. The monoisotopic (exact) mass is 402 g/mol. The molecule has 0 atom stereocenters. The first-order chi connectivity index (χ1) is 13.6. The topological polar surface area (TPSA) is 74.8 Å². The van der Waals surface area contributed by atoms with Crippen LogP contribution in [0.25, 0.3) is 11.3 Å². The van der Waals surface area contributed by atoms with Gasteiger partial charge in [-0.05, 0) is 6.92 Å². The van der Waals surface area contributed by atoms with E-state index in [0.29, 0.717) is 50.8 Å². The van der Waals surface area contributed by atoms with Gasteiger partial charge in [-0.1, -0.05) is 30.3 Å². The maximum Gasteiger partial charge on any atom is 0.266 e. The predicted octanol–water partition coefficient (Wildman–Crippen LogP) is 1.64. The molecule has 1 aliphatic rings. The van der Waals surface area contributed by atoms with Gasteiger partial charge in [0.25, 0.3) is 5.91 Å². The Labute approximate surface area is 169 Å². The number of methoxy groups -OCH3 is 1. The number of carbonyl (C=O) groups is 2. The van der Waals surface area contributed by atoms with Gasteiger partial charge < -0.3 is 15.0 Å². The molecule has 2 amide bonds. The summed E-state index contributed by atoms with van der Waals surface area (Å²) in [7, 11) is 1.61. The molecule has 0 saturated carbocycles. The number of aryl methyl sites for hydroxylation is 1. The van der Waals surface area contributed by atoms with Crippen LogP contribution >= 0.6 is 11.3 Å². The zero-order valence-corrected chi connectivity index (χ0v) is 17.1. The zero-order valence-electron chi connectivity index (χ0n) is 16.3. The van der Waals surface area contributed by atoms with Crippen molar-refractivity contribution in [3.05, 3.63) is 40.2 Å². The lowest BCUT2D eigenvalue weighted by molar-refractivity contribution is -0.122. The summed E-state index contributed by atoms with van der Waals surface area (Å²) in [5.41, 5.74) is 1.72. The summed E-state index contributed by atoms with van der Waals surface area (Å²) in [5, 5.41) is 3.71. The van der Waals surface area contributed by atoms with Crippen LogP contribution in [-0.4, -0.2) is 79.6 Å². The lowest BCUT2D eigenvalue weighted by atomic mass is 10.1. The van der Waals surface area contributed by atoms with Crippen LogP contribution in [0.15, 0.2) is 30.3 Å². The van der Waals surface area contributed by atoms with E-state index in [1.165, 1.54) is 11.3 Å². The average Bonchev–Trinajstić information content (AvgIpc) is 3.10. The fraction of sp³-hybridized carbons (Fsp3) is 0.450. The summed E-state index contributed by atoms with van der Waals surface area (Å²) in [6.07, 6.45) is 0. The molecule has 0 unspecified atom stereocenters. The van der Waals surface area contributed by atoms with Crippen molar-refractivity contribution in [2.75, 3.05) is 53.0 Å². The van der Waals surface area contributed by atoms with Gasteiger partial charge in [-0.25, -0.2) is 4.98 Å². The Morgan fingerprint density at radius 2 is 1.89 bits per heavy atom. The minimum atomic E-state index is -0.0127. The van der Waals surface area contributed by atoms with Crippen molar-refractivity contribution in [3.8, 4) is 11.3 Å². The highest BCUT2D eigenvalue weighted by molar-refractivity contribution is 7.14. The molecule has 1 aromatic carbocycles. The van der Waals surface area contributed by atoms with Crippen LogP contribution in [-0.2, 0) is 9.53 Å². The number of ether oxygens (including phenoxy) is 1. The number of hydrogen-bond acceptors (Lipinski definition) is 6. The number of rotatable bonds is 7. The van der Waals surface area contributed by atoms with Gasteiger partial charge in [0.15, 0.2) is 0 Å². The van der Waals surface area contributed by atoms with Crippen LogP contribution in [0.3, 0.4) is 0 Å². The molecule has 0 aliphatic carbocycles. The van der Waals surface area contributed by atoms with E-state index in [4.69, 9.17) is 4.74 Å². The van der Waals surface area contributed by atoms with Crippen LogP contribution in [0.5, 0.6) is 0 Å². The summed E-state index contributed by atoms with van der Waals surface area (Å²) in [6, 6.07) is 9.81. The number of aromatic nitrogens is 1. The molecule has 1 aliphatic heterocycles.